The zero-order valence-corrected chi connectivity index (χ0v) is 18.8. The van der Waals surface area contributed by atoms with Gasteiger partial charge in [0.2, 0.25) is 5.91 Å². The smallest absolute Gasteiger partial charge is 0.217 e. The number of amides is 1. The van der Waals surface area contributed by atoms with E-state index in [0.29, 0.717) is 13.2 Å². The first-order valence-corrected chi connectivity index (χ1v) is 11.1. The fourth-order valence-electron chi connectivity index (χ4n) is 4.44. The van der Waals surface area contributed by atoms with Gasteiger partial charge in [0.25, 0.3) is 0 Å². The van der Waals surface area contributed by atoms with Crippen molar-refractivity contribution in [3.8, 4) is 5.75 Å². The first-order chi connectivity index (χ1) is 14.3. The fourth-order valence-corrected chi connectivity index (χ4v) is 4.44. The third kappa shape index (κ3) is 7.23. The molecule has 0 bridgehead atoms. The monoisotopic (exact) mass is 418 g/mol. The van der Waals surface area contributed by atoms with E-state index in [4.69, 9.17) is 4.74 Å². The number of carbonyl (C=O) groups excluding carboxylic acids is 1. The predicted molar refractivity (Wildman–Crippen MR) is 119 cm³/mol. The Morgan fingerprint density at radius 3 is 2.53 bits per heavy atom. The maximum Gasteiger partial charge on any atom is 0.217 e. The van der Waals surface area contributed by atoms with E-state index in [1.165, 1.54) is 5.56 Å². The molecule has 2 saturated heterocycles. The normalized spacial score (nSPS) is 23.8. The second-order valence-corrected chi connectivity index (χ2v) is 9.23. The highest BCUT2D eigenvalue weighted by Crippen LogP contribution is 2.26. The van der Waals surface area contributed by atoms with Crippen LogP contribution in [0.3, 0.4) is 0 Å². The number of benzene rings is 1. The molecule has 0 spiro atoms. The summed E-state index contributed by atoms with van der Waals surface area (Å²) in [5, 5.41) is 14.1. The van der Waals surface area contributed by atoms with Gasteiger partial charge in [0.15, 0.2) is 0 Å². The van der Waals surface area contributed by atoms with Crippen LogP contribution < -0.4 is 10.1 Å². The Kier molecular flexibility index (Phi) is 8.11. The van der Waals surface area contributed by atoms with Crippen LogP contribution >= 0.6 is 0 Å². The molecule has 7 heteroatoms. The molecular weight excluding hydrogens is 380 g/mol. The summed E-state index contributed by atoms with van der Waals surface area (Å²) in [6.07, 6.45) is 2.73. The van der Waals surface area contributed by atoms with Gasteiger partial charge < -0.3 is 25.0 Å². The number of hydrogen-bond donors (Lipinski definition) is 2. The first-order valence-electron chi connectivity index (χ1n) is 11.1. The highest BCUT2D eigenvalue weighted by atomic mass is 16.5. The van der Waals surface area contributed by atoms with Gasteiger partial charge in [-0.1, -0.05) is 12.1 Å². The Morgan fingerprint density at radius 1 is 1.20 bits per heavy atom. The molecule has 0 aliphatic carbocycles. The lowest BCUT2D eigenvalue weighted by Crippen LogP contribution is -2.50. The van der Waals surface area contributed by atoms with Gasteiger partial charge in [-0.2, -0.15) is 0 Å². The van der Waals surface area contributed by atoms with Crippen molar-refractivity contribution in [3.63, 3.8) is 0 Å². The summed E-state index contributed by atoms with van der Waals surface area (Å²) in [7, 11) is 4.08. The SMILES string of the molecule is CC(=O)NC1CCN(CC2(O)CCN(Cc3ccc(OCCN(C)C)cc3)C2)CC1. The molecule has 3 rings (SSSR count). The third-order valence-electron chi connectivity index (χ3n) is 6.06. The standard InChI is InChI=1S/C23H38N4O3/c1-19(28)24-21-8-11-26(12-9-21)17-23(29)10-13-27(18-23)16-20-4-6-22(7-5-20)30-15-14-25(2)3/h4-7,21,29H,8-18H2,1-3H3,(H,24,28). The van der Waals surface area contributed by atoms with Gasteiger partial charge in [0, 0.05) is 58.8 Å². The van der Waals surface area contributed by atoms with Crippen molar-refractivity contribution in [3.05, 3.63) is 29.8 Å². The number of likely N-dealkylation sites (tertiary alicyclic amines) is 2. The minimum atomic E-state index is -0.643. The van der Waals surface area contributed by atoms with E-state index in [2.05, 4.69) is 32.1 Å². The quantitative estimate of drug-likeness (QED) is 0.627. The second kappa shape index (κ2) is 10.6. The number of hydrogen-bond acceptors (Lipinski definition) is 6. The Bertz CT molecular complexity index is 674. The number of nitrogens with one attached hydrogen (secondary N) is 1. The molecule has 0 saturated carbocycles. The lowest BCUT2D eigenvalue weighted by atomic mass is 9.99. The molecule has 7 nitrogen and oxygen atoms in total. The van der Waals surface area contributed by atoms with Crippen molar-refractivity contribution >= 4 is 5.91 Å². The molecular formula is C23H38N4O3. The molecule has 2 aliphatic rings. The van der Waals surface area contributed by atoms with Crippen molar-refractivity contribution in [1.29, 1.82) is 0 Å². The van der Waals surface area contributed by atoms with Crippen molar-refractivity contribution in [2.45, 2.75) is 44.4 Å². The van der Waals surface area contributed by atoms with Gasteiger partial charge in [-0.3, -0.25) is 9.69 Å². The van der Waals surface area contributed by atoms with Gasteiger partial charge in [-0.25, -0.2) is 0 Å². The zero-order valence-electron chi connectivity index (χ0n) is 18.8. The number of rotatable bonds is 9. The van der Waals surface area contributed by atoms with Crippen LogP contribution in [0.15, 0.2) is 24.3 Å². The zero-order chi connectivity index (χ0) is 21.6. The van der Waals surface area contributed by atoms with Crippen LogP contribution in [0, 0.1) is 0 Å². The average Bonchev–Trinajstić information content (AvgIpc) is 3.04. The molecule has 30 heavy (non-hydrogen) atoms. The number of likely N-dealkylation sites (N-methyl/N-ethyl adjacent to an activating group) is 1. The summed E-state index contributed by atoms with van der Waals surface area (Å²) in [4.78, 5) is 18.0. The van der Waals surface area contributed by atoms with Crippen LogP contribution in [0.1, 0.15) is 31.7 Å². The summed E-state index contributed by atoms with van der Waals surface area (Å²) in [5.74, 6) is 0.952. The van der Waals surface area contributed by atoms with Gasteiger partial charge in [0.1, 0.15) is 12.4 Å². The van der Waals surface area contributed by atoms with Crippen LogP contribution in [0.4, 0.5) is 0 Å². The van der Waals surface area contributed by atoms with Crippen molar-refractivity contribution in [2.75, 3.05) is 60.0 Å². The molecule has 1 aromatic carbocycles. The number of ether oxygens (including phenoxy) is 1. The molecule has 2 aliphatic heterocycles. The highest BCUT2D eigenvalue weighted by Gasteiger charge is 2.38. The predicted octanol–water partition coefficient (Wildman–Crippen LogP) is 1.16. The van der Waals surface area contributed by atoms with Crippen molar-refractivity contribution in [2.24, 2.45) is 0 Å². The van der Waals surface area contributed by atoms with Gasteiger partial charge in [-0.05, 0) is 51.1 Å². The minimum Gasteiger partial charge on any atom is -0.492 e. The lowest BCUT2D eigenvalue weighted by Gasteiger charge is -2.36. The highest BCUT2D eigenvalue weighted by molar-refractivity contribution is 5.73. The Labute approximate surface area is 181 Å². The van der Waals surface area contributed by atoms with Gasteiger partial charge >= 0.3 is 0 Å². The molecule has 1 amide bonds. The van der Waals surface area contributed by atoms with Crippen molar-refractivity contribution < 1.29 is 14.6 Å². The number of β-amino-alcohol motifs (C(OH)–C–C–N with tert-alkyl or cyclic N) is 1. The van der Waals surface area contributed by atoms with E-state index >= 15 is 0 Å². The largest absolute Gasteiger partial charge is 0.492 e. The summed E-state index contributed by atoms with van der Waals surface area (Å²) in [6.45, 7) is 8.23. The van der Waals surface area contributed by atoms with Crippen LogP contribution in [0.2, 0.25) is 0 Å². The van der Waals surface area contributed by atoms with E-state index in [9.17, 15) is 9.90 Å². The molecule has 2 N–H and O–H groups in total. The van der Waals surface area contributed by atoms with E-state index in [0.717, 1.165) is 64.3 Å². The molecule has 0 aromatic heterocycles. The van der Waals surface area contributed by atoms with Crippen LogP contribution in [-0.4, -0.2) is 97.3 Å². The maximum atomic E-state index is 11.2. The first kappa shape index (κ1) is 23.0. The van der Waals surface area contributed by atoms with Crippen LogP contribution in [0.5, 0.6) is 5.75 Å². The number of carbonyl (C=O) groups is 1. The third-order valence-corrected chi connectivity index (χ3v) is 6.06. The van der Waals surface area contributed by atoms with Crippen molar-refractivity contribution in [1.82, 2.24) is 20.0 Å². The van der Waals surface area contributed by atoms with E-state index in [1.807, 2.05) is 26.2 Å². The lowest BCUT2D eigenvalue weighted by molar-refractivity contribution is -0.120. The van der Waals surface area contributed by atoms with E-state index in [1.54, 1.807) is 6.92 Å². The Balaban J connectivity index is 1.41. The molecule has 1 aromatic rings. The molecule has 2 fully saturated rings. The number of nitrogens with zero attached hydrogens (tertiary/aromatic N) is 3. The maximum absolute atomic E-state index is 11.2. The summed E-state index contributed by atoms with van der Waals surface area (Å²) in [6, 6.07) is 8.59. The molecule has 168 valence electrons. The Hall–Kier alpha value is -1.67. The number of piperidine rings is 1. The fraction of sp³-hybridized carbons (Fsp3) is 0.696. The van der Waals surface area contributed by atoms with Gasteiger partial charge in [0.05, 0.1) is 5.60 Å². The van der Waals surface area contributed by atoms with E-state index < -0.39 is 5.60 Å². The molecule has 2 heterocycles. The van der Waals surface area contributed by atoms with E-state index in [-0.39, 0.29) is 11.9 Å². The minimum absolute atomic E-state index is 0.0478. The van der Waals surface area contributed by atoms with Gasteiger partial charge in [-0.15, -0.1) is 0 Å². The van der Waals surface area contributed by atoms with Crippen LogP contribution in [0.25, 0.3) is 0 Å². The molecule has 1 unspecified atom stereocenters. The van der Waals surface area contributed by atoms with Crippen LogP contribution in [-0.2, 0) is 11.3 Å². The molecule has 0 radical (unpaired) electrons. The summed E-state index contributed by atoms with van der Waals surface area (Å²) in [5.41, 5.74) is 0.603. The summed E-state index contributed by atoms with van der Waals surface area (Å²) >= 11 is 0. The topological polar surface area (TPSA) is 68.3 Å². The molecule has 1 atom stereocenters. The number of aliphatic hydroxyl groups is 1. The Morgan fingerprint density at radius 2 is 1.90 bits per heavy atom. The second-order valence-electron chi connectivity index (χ2n) is 9.23. The summed E-state index contributed by atoms with van der Waals surface area (Å²) < 4.78 is 5.76. The average molecular weight is 419 g/mol.